The zero-order chi connectivity index (χ0) is 8.48. The van der Waals surface area contributed by atoms with Crippen molar-refractivity contribution < 1.29 is 9.53 Å². The van der Waals surface area contributed by atoms with Gasteiger partial charge >= 0.3 is 0 Å². The molecule has 2 atom stereocenters. The normalized spacial score (nSPS) is 37.5. The average Bonchev–Trinajstić information content (AvgIpc) is 2.33. The number of rotatable bonds is 2. The molecule has 1 N–H and O–H groups in total. The first kappa shape index (κ1) is 8.68. The zero-order valence-corrected chi connectivity index (χ0v) is 7.31. The van der Waals surface area contributed by atoms with Crippen LogP contribution >= 0.6 is 0 Å². The third-order valence-electron chi connectivity index (χ3n) is 2.47. The molecule has 0 aliphatic carbocycles. The first-order chi connectivity index (χ1) is 5.08. The van der Waals surface area contributed by atoms with Crippen LogP contribution in [0.4, 0.5) is 0 Å². The summed E-state index contributed by atoms with van der Waals surface area (Å²) in [6, 6.07) is 0. The Balaban J connectivity index is 2.57. The van der Waals surface area contributed by atoms with E-state index in [9.17, 15) is 4.79 Å². The molecule has 1 aliphatic rings. The van der Waals surface area contributed by atoms with Gasteiger partial charge in [0.05, 0.1) is 11.6 Å². The van der Waals surface area contributed by atoms with Crippen molar-refractivity contribution in [3.05, 3.63) is 0 Å². The van der Waals surface area contributed by atoms with E-state index >= 15 is 0 Å². The van der Waals surface area contributed by atoms with Crippen LogP contribution in [0.3, 0.4) is 0 Å². The van der Waals surface area contributed by atoms with E-state index in [2.05, 4.69) is 5.32 Å². The predicted octanol–water partition coefficient (Wildman–Crippen LogP) is 0.342. The van der Waals surface area contributed by atoms with Crippen LogP contribution in [0, 0.1) is 0 Å². The topological polar surface area (TPSA) is 38.3 Å². The Labute approximate surface area is 67.1 Å². The summed E-state index contributed by atoms with van der Waals surface area (Å²) in [6.45, 7) is 4.33. The molecule has 0 aromatic carbocycles. The number of methoxy groups -OCH3 is 1. The molecular formula is C8H15NO2. The average molecular weight is 157 g/mol. The SMILES string of the molecule is COC1CNC(C)(C(C)=O)C1. The van der Waals surface area contributed by atoms with E-state index in [1.807, 2.05) is 6.92 Å². The highest BCUT2D eigenvalue weighted by Gasteiger charge is 2.38. The van der Waals surface area contributed by atoms with Crippen LogP contribution in [-0.4, -0.2) is 31.1 Å². The molecule has 0 aromatic heterocycles. The van der Waals surface area contributed by atoms with E-state index in [4.69, 9.17) is 4.74 Å². The highest BCUT2D eigenvalue weighted by molar-refractivity contribution is 5.86. The number of carbonyl (C=O) groups excluding carboxylic acids is 1. The largest absolute Gasteiger partial charge is 0.380 e. The van der Waals surface area contributed by atoms with Crippen molar-refractivity contribution >= 4 is 5.78 Å². The van der Waals surface area contributed by atoms with Gasteiger partial charge in [0.1, 0.15) is 5.78 Å². The summed E-state index contributed by atoms with van der Waals surface area (Å²) < 4.78 is 5.14. The van der Waals surface area contributed by atoms with Crippen LogP contribution in [0.5, 0.6) is 0 Å². The molecule has 1 heterocycles. The lowest BCUT2D eigenvalue weighted by Crippen LogP contribution is -2.42. The Hall–Kier alpha value is -0.410. The van der Waals surface area contributed by atoms with Gasteiger partial charge in [0.2, 0.25) is 0 Å². The third kappa shape index (κ3) is 1.60. The first-order valence-corrected chi connectivity index (χ1v) is 3.87. The van der Waals surface area contributed by atoms with E-state index in [0.717, 1.165) is 13.0 Å². The van der Waals surface area contributed by atoms with Crippen LogP contribution in [-0.2, 0) is 9.53 Å². The van der Waals surface area contributed by atoms with Gasteiger partial charge in [-0.05, 0) is 20.3 Å². The number of nitrogens with one attached hydrogen (secondary N) is 1. The summed E-state index contributed by atoms with van der Waals surface area (Å²) in [5, 5.41) is 3.16. The minimum absolute atomic E-state index is 0.192. The van der Waals surface area contributed by atoms with Gasteiger partial charge in [-0.3, -0.25) is 4.79 Å². The standard InChI is InChI=1S/C8H15NO2/c1-6(10)8(2)4-7(11-3)5-9-8/h7,9H,4-5H2,1-3H3. The second kappa shape index (κ2) is 2.91. The van der Waals surface area contributed by atoms with Gasteiger partial charge < -0.3 is 10.1 Å². The highest BCUT2D eigenvalue weighted by Crippen LogP contribution is 2.21. The first-order valence-electron chi connectivity index (χ1n) is 3.87. The van der Waals surface area contributed by atoms with Crippen molar-refractivity contribution in [3.63, 3.8) is 0 Å². The number of ether oxygens (including phenoxy) is 1. The molecule has 11 heavy (non-hydrogen) atoms. The molecule has 1 rings (SSSR count). The molecule has 3 nitrogen and oxygen atoms in total. The van der Waals surface area contributed by atoms with Gasteiger partial charge in [0.15, 0.2) is 0 Å². The number of ketones is 1. The molecule has 1 fully saturated rings. The van der Waals surface area contributed by atoms with E-state index < -0.39 is 0 Å². The molecule has 0 spiro atoms. The molecule has 64 valence electrons. The minimum atomic E-state index is -0.347. The van der Waals surface area contributed by atoms with Crippen LogP contribution in [0.25, 0.3) is 0 Å². The maximum Gasteiger partial charge on any atom is 0.149 e. The Morgan fingerprint density at radius 2 is 2.36 bits per heavy atom. The van der Waals surface area contributed by atoms with E-state index in [1.54, 1.807) is 14.0 Å². The van der Waals surface area contributed by atoms with Gasteiger partial charge in [0.25, 0.3) is 0 Å². The summed E-state index contributed by atoms with van der Waals surface area (Å²) in [7, 11) is 1.68. The fraction of sp³-hybridized carbons (Fsp3) is 0.875. The predicted molar refractivity (Wildman–Crippen MR) is 42.5 cm³/mol. The number of Topliss-reactive ketones (excluding diaryl/α,β-unsaturated/α-hetero) is 1. The maximum atomic E-state index is 11.1. The van der Waals surface area contributed by atoms with E-state index in [1.165, 1.54) is 0 Å². The smallest absolute Gasteiger partial charge is 0.149 e. The monoisotopic (exact) mass is 157 g/mol. The molecule has 1 saturated heterocycles. The van der Waals surface area contributed by atoms with Gasteiger partial charge in [0, 0.05) is 13.7 Å². The fourth-order valence-corrected chi connectivity index (χ4v) is 1.37. The molecule has 0 aromatic rings. The summed E-state index contributed by atoms with van der Waals surface area (Å²) in [6.07, 6.45) is 0.989. The van der Waals surface area contributed by atoms with Crippen molar-refractivity contribution in [1.29, 1.82) is 0 Å². The zero-order valence-electron chi connectivity index (χ0n) is 7.31. The quantitative estimate of drug-likeness (QED) is 0.628. The second-order valence-electron chi connectivity index (χ2n) is 3.33. The fourth-order valence-electron chi connectivity index (χ4n) is 1.37. The van der Waals surface area contributed by atoms with Crippen LogP contribution in [0.2, 0.25) is 0 Å². The summed E-state index contributed by atoms with van der Waals surface area (Å²) >= 11 is 0. The molecule has 3 heteroatoms. The van der Waals surface area contributed by atoms with Crippen LogP contribution in [0.15, 0.2) is 0 Å². The summed E-state index contributed by atoms with van der Waals surface area (Å²) in [5.74, 6) is 0.192. The van der Waals surface area contributed by atoms with Gasteiger partial charge in [-0.25, -0.2) is 0 Å². The van der Waals surface area contributed by atoms with Crippen molar-refractivity contribution in [1.82, 2.24) is 5.32 Å². The van der Waals surface area contributed by atoms with E-state index in [-0.39, 0.29) is 17.4 Å². The molecule has 0 saturated carbocycles. The lowest BCUT2D eigenvalue weighted by atomic mass is 9.95. The Morgan fingerprint density at radius 1 is 1.73 bits per heavy atom. The molecule has 1 aliphatic heterocycles. The number of carbonyl (C=O) groups is 1. The van der Waals surface area contributed by atoms with Crippen molar-refractivity contribution in [3.8, 4) is 0 Å². The van der Waals surface area contributed by atoms with Crippen molar-refractivity contribution in [2.75, 3.05) is 13.7 Å². The number of hydrogen-bond donors (Lipinski definition) is 1. The molecule has 2 unspecified atom stereocenters. The Morgan fingerprint density at radius 3 is 2.64 bits per heavy atom. The summed E-state index contributed by atoms with van der Waals surface area (Å²) in [4.78, 5) is 11.1. The van der Waals surface area contributed by atoms with Gasteiger partial charge in [-0.2, -0.15) is 0 Å². The van der Waals surface area contributed by atoms with Crippen molar-refractivity contribution in [2.24, 2.45) is 0 Å². The minimum Gasteiger partial charge on any atom is -0.380 e. The lowest BCUT2D eigenvalue weighted by molar-refractivity contribution is -0.122. The van der Waals surface area contributed by atoms with Crippen LogP contribution < -0.4 is 5.32 Å². The van der Waals surface area contributed by atoms with Gasteiger partial charge in [-0.1, -0.05) is 0 Å². The van der Waals surface area contributed by atoms with Crippen molar-refractivity contribution in [2.45, 2.75) is 31.9 Å². The Kier molecular flexibility index (Phi) is 2.30. The second-order valence-corrected chi connectivity index (χ2v) is 3.33. The molecule has 0 amide bonds. The van der Waals surface area contributed by atoms with Gasteiger partial charge in [-0.15, -0.1) is 0 Å². The molecule has 0 radical (unpaired) electrons. The van der Waals surface area contributed by atoms with E-state index in [0.29, 0.717) is 0 Å². The molecule has 0 bridgehead atoms. The number of hydrogen-bond acceptors (Lipinski definition) is 3. The third-order valence-corrected chi connectivity index (χ3v) is 2.47. The van der Waals surface area contributed by atoms with Crippen LogP contribution in [0.1, 0.15) is 20.3 Å². The molecular weight excluding hydrogens is 142 g/mol. The maximum absolute atomic E-state index is 11.1. The lowest BCUT2D eigenvalue weighted by Gasteiger charge is -2.19. The Bertz CT molecular complexity index is 169. The highest BCUT2D eigenvalue weighted by atomic mass is 16.5. The summed E-state index contributed by atoms with van der Waals surface area (Å²) in [5.41, 5.74) is -0.347.